The van der Waals surface area contributed by atoms with E-state index in [1.165, 1.54) is 25.7 Å². The number of aromatic carboxylic acids is 1. The van der Waals surface area contributed by atoms with E-state index in [0.717, 1.165) is 39.8 Å². The molecule has 0 fully saturated rings. The van der Waals surface area contributed by atoms with Gasteiger partial charge in [0.15, 0.2) is 0 Å². The predicted octanol–water partition coefficient (Wildman–Crippen LogP) is 6.80. The summed E-state index contributed by atoms with van der Waals surface area (Å²) in [5, 5.41) is 14.8. The van der Waals surface area contributed by atoms with Crippen LogP contribution in [0.15, 0.2) is 48.5 Å². The largest absolute Gasteiger partial charge is 0.478 e. The summed E-state index contributed by atoms with van der Waals surface area (Å²) in [6, 6.07) is 14.8. The molecule has 4 aromatic carbocycles. The number of rotatable bonds is 9. The summed E-state index contributed by atoms with van der Waals surface area (Å²) in [5.74, 6) is -1.27. The number of unbranched alkanes of at least 4 members (excludes halogenated alkanes) is 5. The zero-order valence-corrected chi connectivity index (χ0v) is 17.2. The summed E-state index contributed by atoms with van der Waals surface area (Å²) >= 11 is 0. The van der Waals surface area contributed by atoms with E-state index in [9.17, 15) is 14.7 Å². The molecule has 0 amide bonds. The van der Waals surface area contributed by atoms with Crippen LogP contribution in [0.25, 0.3) is 32.3 Å². The molecule has 0 spiro atoms. The van der Waals surface area contributed by atoms with E-state index < -0.39 is 5.97 Å². The van der Waals surface area contributed by atoms with Crippen LogP contribution in [0.2, 0.25) is 0 Å². The molecule has 30 heavy (non-hydrogen) atoms. The van der Waals surface area contributed by atoms with Crippen molar-refractivity contribution in [3.8, 4) is 0 Å². The van der Waals surface area contributed by atoms with Crippen molar-refractivity contribution in [3.63, 3.8) is 0 Å². The molecular weight excluding hydrogens is 376 g/mol. The van der Waals surface area contributed by atoms with E-state index in [0.29, 0.717) is 17.6 Å². The van der Waals surface area contributed by atoms with Crippen molar-refractivity contribution in [2.75, 3.05) is 6.61 Å². The number of hydrogen-bond acceptors (Lipinski definition) is 3. The smallest absolute Gasteiger partial charge is 0.338 e. The van der Waals surface area contributed by atoms with Gasteiger partial charge in [0.2, 0.25) is 0 Å². The summed E-state index contributed by atoms with van der Waals surface area (Å²) in [6.07, 6.45) is 6.84. The minimum atomic E-state index is -0.952. The van der Waals surface area contributed by atoms with Gasteiger partial charge in [-0.15, -0.1) is 0 Å². The van der Waals surface area contributed by atoms with Crippen molar-refractivity contribution in [2.24, 2.45) is 0 Å². The molecule has 0 bridgehead atoms. The Morgan fingerprint density at radius 1 is 0.733 bits per heavy atom. The average molecular weight is 402 g/mol. The molecule has 1 N–H and O–H groups in total. The highest BCUT2D eigenvalue weighted by Crippen LogP contribution is 2.37. The van der Waals surface area contributed by atoms with Crippen LogP contribution >= 0.6 is 0 Å². The van der Waals surface area contributed by atoms with E-state index in [-0.39, 0.29) is 11.5 Å². The van der Waals surface area contributed by atoms with Gasteiger partial charge in [-0.25, -0.2) is 9.59 Å². The van der Waals surface area contributed by atoms with Gasteiger partial charge in [-0.05, 0) is 50.9 Å². The highest BCUT2D eigenvalue weighted by atomic mass is 16.5. The first-order valence-corrected chi connectivity index (χ1v) is 10.7. The Balaban J connectivity index is 1.64. The quantitative estimate of drug-likeness (QED) is 0.190. The van der Waals surface area contributed by atoms with Crippen molar-refractivity contribution in [1.82, 2.24) is 0 Å². The Hall–Kier alpha value is -3.14. The monoisotopic (exact) mass is 402 g/mol. The average Bonchev–Trinajstić information content (AvgIpc) is 2.76. The lowest BCUT2D eigenvalue weighted by molar-refractivity contribution is 0.0499. The third-order valence-electron chi connectivity index (χ3n) is 5.85. The maximum Gasteiger partial charge on any atom is 0.338 e. The molecule has 0 unspecified atom stereocenters. The summed E-state index contributed by atoms with van der Waals surface area (Å²) < 4.78 is 5.55. The number of esters is 1. The van der Waals surface area contributed by atoms with Crippen LogP contribution in [-0.4, -0.2) is 23.7 Å². The fourth-order valence-corrected chi connectivity index (χ4v) is 4.29. The molecule has 154 valence electrons. The zero-order chi connectivity index (χ0) is 21.1. The standard InChI is InChI=1S/C26H26O4/c1-2-3-4-5-6-7-16-30-26(29)22-15-11-18-8-12-19-21(25(27)28)14-10-17-9-13-20(22)24(18)23(17)19/h8-15H,2-7,16H2,1H3,(H,27,28). The van der Waals surface area contributed by atoms with Gasteiger partial charge in [-0.3, -0.25) is 0 Å². The third-order valence-corrected chi connectivity index (χ3v) is 5.85. The van der Waals surface area contributed by atoms with Gasteiger partial charge in [0.1, 0.15) is 0 Å². The Morgan fingerprint density at radius 2 is 1.27 bits per heavy atom. The maximum absolute atomic E-state index is 12.8. The number of carboxylic acids is 1. The number of hydrogen-bond donors (Lipinski definition) is 1. The number of ether oxygens (including phenoxy) is 1. The van der Waals surface area contributed by atoms with Gasteiger partial charge >= 0.3 is 11.9 Å². The Kier molecular flexibility index (Phi) is 5.84. The van der Waals surface area contributed by atoms with Gasteiger partial charge in [0, 0.05) is 0 Å². The van der Waals surface area contributed by atoms with E-state index >= 15 is 0 Å². The summed E-state index contributed by atoms with van der Waals surface area (Å²) in [6.45, 7) is 2.62. The fourth-order valence-electron chi connectivity index (χ4n) is 4.29. The molecule has 0 aliphatic rings. The number of carbonyl (C=O) groups is 2. The van der Waals surface area contributed by atoms with Crippen LogP contribution in [0, 0.1) is 0 Å². The first-order chi connectivity index (χ1) is 14.6. The number of benzene rings is 4. The van der Waals surface area contributed by atoms with Crippen LogP contribution in [0.3, 0.4) is 0 Å². The van der Waals surface area contributed by atoms with Crippen LogP contribution in [0.1, 0.15) is 66.2 Å². The van der Waals surface area contributed by atoms with Crippen molar-refractivity contribution < 1.29 is 19.4 Å². The fraction of sp³-hybridized carbons (Fsp3) is 0.308. The van der Waals surface area contributed by atoms with Crippen LogP contribution in [-0.2, 0) is 4.74 Å². The molecule has 0 saturated heterocycles. The predicted molar refractivity (Wildman–Crippen MR) is 121 cm³/mol. The molecule has 4 aromatic rings. The second-order valence-electron chi connectivity index (χ2n) is 7.86. The van der Waals surface area contributed by atoms with Crippen LogP contribution < -0.4 is 0 Å². The minimum absolute atomic E-state index is 0.271. The van der Waals surface area contributed by atoms with Gasteiger partial charge < -0.3 is 9.84 Å². The summed E-state index contributed by atoms with van der Waals surface area (Å²) in [4.78, 5) is 24.5. The topological polar surface area (TPSA) is 63.6 Å². The van der Waals surface area contributed by atoms with Crippen molar-refractivity contribution in [2.45, 2.75) is 45.4 Å². The van der Waals surface area contributed by atoms with Crippen LogP contribution in [0.5, 0.6) is 0 Å². The lowest BCUT2D eigenvalue weighted by Crippen LogP contribution is -2.07. The molecule has 0 heterocycles. The van der Waals surface area contributed by atoms with Gasteiger partial charge in [0.25, 0.3) is 0 Å². The molecular formula is C26H26O4. The Morgan fingerprint density at radius 3 is 1.90 bits per heavy atom. The van der Waals surface area contributed by atoms with Gasteiger partial charge in [0.05, 0.1) is 17.7 Å². The molecule has 4 nitrogen and oxygen atoms in total. The van der Waals surface area contributed by atoms with Gasteiger partial charge in [-0.1, -0.05) is 75.4 Å². The van der Waals surface area contributed by atoms with Gasteiger partial charge in [-0.2, -0.15) is 0 Å². The second-order valence-corrected chi connectivity index (χ2v) is 7.86. The molecule has 4 heteroatoms. The van der Waals surface area contributed by atoms with Crippen molar-refractivity contribution in [1.29, 1.82) is 0 Å². The minimum Gasteiger partial charge on any atom is -0.478 e. The summed E-state index contributed by atoms with van der Waals surface area (Å²) in [7, 11) is 0. The van der Waals surface area contributed by atoms with Crippen LogP contribution in [0.4, 0.5) is 0 Å². The number of carboxylic acid groups (broad SMARTS) is 1. The molecule has 0 atom stereocenters. The Bertz CT molecular complexity index is 1210. The van der Waals surface area contributed by atoms with Crippen molar-refractivity contribution >= 4 is 44.3 Å². The zero-order valence-electron chi connectivity index (χ0n) is 17.2. The van der Waals surface area contributed by atoms with E-state index in [4.69, 9.17) is 4.74 Å². The molecule has 0 aromatic heterocycles. The molecule has 0 radical (unpaired) electrons. The molecule has 0 aliphatic carbocycles. The SMILES string of the molecule is CCCCCCCCOC(=O)c1ccc2ccc3c(C(=O)O)ccc4ccc1c2c43. The normalized spacial score (nSPS) is 11.5. The van der Waals surface area contributed by atoms with E-state index in [1.54, 1.807) is 6.07 Å². The van der Waals surface area contributed by atoms with E-state index in [2.05, 4.69) is 6.92 Å². The second kappa shape index (κ2) is 8.70. The highest BCUT2D eigenvalue weighted by molar-refractivity contribution is 6.28. The lowest BCUT2D eigenvalue weighted by atomic mass is 9.90. The first kappa shape index (κ1) is 20.1. The highest BCUT2D eigenvalue weighted by Gasteiger charge is 2.18. The van der Waals surface area contributed by atoms with Crippen molar-refractivity contribution in [3.05, 3.63) is 59.7 Å². The Labute approximate surface area is 175 Å². The third kappa shape index (κ3) is 3.70. The molecule has 0 aliphatic heterocycles. The first-order valence-electron chi connectivity index (χ1n) is 10.7. The lowest BCUT2D eigenvalue weighted by Gasteiger charge is -2.14. The molecule has 4 rings (SSSR count). The van der Waals surface area contributed by atoms with E-state index in [1.807, 2.05) is 42.5 Å². The molecule has 0 saturated carbocycles. The number of carbonyl (C=O) groups excluding carboxylic acids is 1. The maximum atomic E-state index is 12.8. The summed E-state index contributed by atoms with van der Waals surface area (Å²) in [5.41, 5.74) is 0.802.